The van der Waals surface area contributed by atoms with Crippen LogP contribution in [0.25, 0.3) is 0 Å². The first-order valence-corrected chi connectivity index (χ1v) is 7.05. The Morgan fingerprint density at radius 3 is 2.25 bits per heavy atom. The summed E-state index contributed by atoms with van der Waals surface area (Å²) in [5, 5.41) is 8.86. The van der Waals surface area contributed by atoms with Crippen LogP contribution in [0.5, 0.6) is 0 Å². The number of carbonyl (C=O) groups excluding carboxylic acids is 1. The van der Waals surface area contributed by atoms with Crippen molar-refractivity contribution >= 4 is 11.9 Å². The molecule has 0 atom stereocenters. The molecule has 1 rings (SSSR count). The first-order chi connectivity index (χ1) is 9.23. The molecule has 1 saturated heterocycles. The van der Waals surface area contributed by atoms with E-state index in [1.807, 2.05) is 20.8 Å². The minimum atomic E-state index is -0.902. The molecule has 20 heavy (non-hydrogen) atoms. The number of nitrogens with zero attached hydrogens (tertiary/aromatic N) is 1. The zero-order valence-corrected chi connectivity index (χ0v) is 12.6. The van der Waals surface area contributed by atoms with Crippen LogP contribution in [0.15, 0.2) is 0 Å². The van der Waals surface area contributed by atoms with Crippen LogP contribution >= 0.6 is 0 Å². The number of ether oxygens (including phenoxy) is 1. The number of carbonyl (C=O) groups is 2. The number of aliphatic carboxylic acids is 1. The summed E-state index contributed by atoms with van der Waals surface area (Å²) < 4.78 is 5.32. The molecule has 0 aromatic rings. The Bertz CT molecular complexity index is 357. The molecule has 1 aliphatic rings. The normalized spacial score (nSPS) is 18.6. The van der Waals surface area contributed by atoms with E-state index >= 15 is 0 Å². The minimum absolute atomic E-state index is 0.0444. The van der Waals surface area contributed by atoms with E-state index in [0.717, 1.165) is 0 Å². The molecule has 116 valence electrons. The fourth-order valence-corrected chi connectivity index (χ4v) is 2.50. The van der Waals surface area contributed by atoms with E-state index in [2.05, 4.69) is 0 Å². The lowest BCUT2D eigenvalue weighted by atomic mass is 9.78. The minimum Gasteiger partial charge on any atom is -0.481 e. The smallest absolute Gasteiger partial charge is 0.305 e. The molecule has 1 aliphatic heterocycles. The summed E-state index contributed by atoms with van der Waals surface area (Å²) in [4.78, 5) is 25.4. The van der Waals surface area contributed by atoms with Gasteiger partial charge in [0.1, 0.15) is 0 Å². The molecular formula is C14H26N2O4. The Hall–Kier alpha value is -1.14. The summed E-state index contributed by atoms with van der Waals surface area (Å²) in [6.07, 6.45) is 1.14. The van der Waals surface area contributed by atoms with Crippen molar-refractivity contribution in [3.05, 3.63) is 0 Å². The summed E-state index contributed by atoms with van der Waals surface area (Å²) in [5.74, 6) is -0.946. The Balaban J connectivity index is 2.93. The van der Waals surface area contributed by atoms with E-state index < -0.39 is 16.9 Å². The highest BCUT2D eigenvalue weighted by Gasteiger charge is 2.44. The van der Waals surface area contributed by atoms with Crippen molar-refractivity contribution in [2.45, 2.75) is 45.6 Å². The maximum Gasteiger partial charge on any atom is 0.305 e. The Labute approximate surface area is 120 Å². The van der Waals surface area contributed by atoms with E-state index in [1.54, 1.807) is 4.90 Å². The summed E-state index contributed by atoms with van der Waals surface area (Å²) in [5.41, 5.74) is 4.83. The lowest BCUT2D eigenvalue weighted by Crippen LogP contribution is -2.56. The first kappa shape index (κ1) is 16.9. The molecule has 0 spiro atoms. The zero-order valence-electron chi connectivity index (χ0n) is 12.6. The van der Waals surface area contributed by atoms with Crippen molar-refractivity contribution in [3.8, 4) is 0 Å². The molecule has 6 nitrogen and oxygen atoms in total. The molecule has 0 saturated carbocycles. The van der Waals surface area contributed by atoms with Gasteiger partial charge in [-0.1, -0.05) is 0 Å². The Morgan fingerprint density at radius 1 is 1.30 bits per heavy atom. The number of amides is 1. The average Bonchev–Trinajstić information content (AvgIpc) is 2.37. The highest BCUT2D eigenvalue weighted by molar-refractivity contribution is 5.84. The number of nitrogens with two attached hydrogens (primary N) is 1. The number of hydrogen-bond acceptors (Lipinski definition) is 4. The largest absolute Gasteiger partial charge is 0.481 e. The molecule has 0 bridgehead atoms. The van der Waals surface area contributed by atoms with Crippen molar-refractivity contribution in [2.75, 3.05) is 26.3 Å². The van der Waals surface area contributed by atoms with E-state index in [4.69, 9.17) is 15.6 Å². The zero-order chi connectivity index (χ0) is 15.4. The highest BCUT2D eigenvalue weighted by atomic mass is 16.5. The molecule has 0 aromatic carbocycles. The predicted octanol–water partition coefficient (Wildman–Crippen LogP) is 0.844. The van der Waals surface area contributed by atoms with E-state index in [-0.39, 0.29) is 25.4 Å². The van der Waals surface area contributed by atoms with E-state index in [1.165, 1.54) is 0 Å². The third kappa shape index (κ3) is 3.93. The molecule has 1 fully saturated rings. The van der Waals surface area contributed by atoms with Gasteiger partial charge >= 0.3 is 5.97 Å². The standard InChI is InChI=1S/C14H26N2O4/c1-13(2,3)16(7-4-11(17)18)12(19)14(10-15)5-8-20-9-6-14/h4-10,15H2,1-3H3,(H,17,18). The summed E-state index contributed by atoms with van der Waals surface area (Å²) >= 11 is 0. The lowest BCUT2D eigenvalue weighted by molar-refractivity contribution is -0.153. The van der Waals surface area contributed by atoms with Crippen LogP contribution in [-0.2, 0) is 14.3 Å². The lowest BCUT2D eigenvalue weighted by Gasteiger charge is -2.44. The maximum absolute atomic E-state index is 12.9. The fourth-order valence-electron chi connectivity index (χ4n) is 2.50. The van der Waals surface area contributed by atoms with Crippen molar-refractivity contribution in [1.82, 2.24) is 4.90 Å². The SMILES string of the molecule is CC(C)(C)N(CCC(=O)O)C(=O)C1(CN)CCOCC1. The van der Waals surface area contributed by atoms with Crippen LogP contribution in [-0.4, -0.2) is 53.7 Å². The second-order valence-electron chi connectivity index (χ2n) is 6.37. The van der Waals surface area contributed by atoms with Crippen LogP contribution in [0, 0.1) is 5.41 Å². The molecule has 0 unspecified atom stereocenters. The predicted molar refractivity (Wildman–Crippen MR) is 75.3 cm³/mol. The van der Waals surface area contributed by atoms with Gasteiger partial charge in [0.25, 0.3) is 0 Å². The molecular weight excluding hydrogens is 260 g/mol. The first-order valence-electron chi connectivity index (χ1n) is 7.05. The molecule has 0 radical (unpaired) electrons. The second-order valence-corrected chi connectivity index (χ2v) is 6.37. The van der Waals surface area contributed by atoms with Crippen LogP contribution < -0.4 is 5.73 Å². The summed E-state index contributed by atoms with van der Waals surface area (Å²) in [6.45, 7) is 7.28. The van der Waals surface area contributed by atoms with Gasteiger partial charge in [-0.2, -0.15) is 0 Å². The molecule has 1 heterocycles. The van der Waals surface area contributed by atoms with Crippen LogP contribution in [0.1, 0.15) is 40.0 Å². The Morgan fingerprint density at radius 2 is 1.85 bits per heavy atom. The quantitative estimate of drug-likeness (QED) is 0.781. The molecule has 1 amide bonds. The highest BCUT2D eigenvalue weighted by Crippen LogP contribution is 2.34. The van der Waals surface area contributed by atoms with Gasteiger partial charge in [-0.15, -0.1) is 0 Å². The topological polar surface area (TPSA) is 92.9 Å². The van der Waals surface area contributed by atoms with Gasteiger partial charge in [-0.3, -0.25) is 9.59 Å². The van der Waals surface area contributed by atoms with Crippen LogP contribution in [0.3, 0.4) is 0 Å². The van der Waals surface area contributed by atoms with E-state index in [9.17, 15) is 9.59 Å². The van der Waals surface area contributed by atoms with Gasteiger partial charge < -0.3 is 20.5 Å². The molecule has 0 aliphatic carbocycles. The number of carboxylic acids is 1. The van der Waals surface area contributed by atoms with Gasteiger partial charge in [-0.05, 0) is 33.6 Å². The van der Waals surface area contributed by atoms with Crippen molar-refractivity contribution in [1.29, 1.82) is 0 Å². The third-order valence-corrected chi connectivity index (χ3v) is 3.90. The molecule has 3 N–H and O–H groups in total. The van der Waals surface area contributed by atoms with Gasteiger partial charge in [0.15, 0.2) is 0 Å². The van der Waals surface area contributed by atoms with Crippen LogP contribution in [0.2, 0.25) is 0 Å². The monoisotopic (exact) mass is 286 g/mol. The van der Waals surface area contributed by atoms with Crippen LogP contribution in [0.4, 0.5) is 0 Å². The number of rotatable bonds is 5. The van der Waals surface area contributed by atoms with E-state index in [0.29, 0.717) is 26.1 Å². The van der Waals surface area contributed by atoms with Crippen molar-refractivity contribution in [2.24, 2.45) is 11.1 Å². The number of carboxylic acid groups (broad SMARTS) is 1. The fraction of sp³-hybridized carbons (Fsp3) is 0.857. The molecule has 0 aromatic heterocycles. The molecule has 6 heteroatoms. The summed E-state index contributed by atoms with van der Waals surface area (Å²) in [6, 6.07) is 0. The van der Waals surface area contributed by atoms with Gasteiger partial charge in [-0.25, -0.2) is 0 Å². The second kappa shape index (κ2) is 6.54. The van der Waals surface area contributed by atoms with Gasteiger partial charge in [0.05, 0.1) is 11.8 Å². The average molecular weight is 286 g/mol. The van der Waals surface area contributed by atoms with Crippen molar-refractivity contribution in [3.63, 3.8) is 0 Å². The number of hydrogen-bond donors (Lipinski definition) is 2. The Kier molecular flexibility index (Phi) is 5.53. The van der Waals surface area contributed by atoms with Gasteiger partial charge in [0.2, 0.25) is 5.91 Å². The third-order valence-electron chi connectivity index (χ3n) is 3.90. The van der Waals surface area contributed by atoms with Gasteiger partial charge in [0, 0.05) is 31.8 Å². The maximum atomic E-state index is 12.9. The van der Waals surface area contributed by atoms with Crippen molar-refractivity contribution < 1.29 is 19.4 Å². The summed E-state index contributed by atoms with van der Waals surface area (Å²) in [7, 11) is 0.